The number of nitrogens with zero attached hydrogens (tertiary/aromatic N) is 6. The van der Waals surface area contributed by atoms with Gasteiger partial charge < -0.3 is 43.0 Å². The van der Waals surface area contributed by atoms with E-state index >= 15 is 0 Å². The molecule has 1 unspecified atom stereocenters. The SMILES string of the molecule is CCOC(=O)C1=C(C)Oc2nc(C)n(Cc3cn([C@@H]4O[C@H](COC(C)=O)[C@@H](OC(C)=O)[C@H](OC(C)=O)[C@H]4OC(C)=O)nn3)c(=O)c2C1c1cc(OC)c(O)c([N+](=O)[O-])c1. The summed E-state index contributed by atoms with van der Waals surface area (Å²) in [6.45, 7) is 7.92. The van der Waals surface area contributed by atoms with Crippen LogP contribution in [0.15, 0.2) is 34.5 Å². The summed E-state index contributed by atoms with van der Waals surface area (Å²) in [7, 11) is 1.17. The largest absolute Gasteiger partial charge is 0.500 e. The van der Waals surface area contributed by atoms with E-state index in [-0.39, 0.29) is 58.8 Å². The van der Waals surface area contributed by atoms with Gasteiger partial charge in [0.2, 0.25) is 11.6 Å². The molecule has 1 saturated heterocycles. The molecule has 316 valence electrons. The number of esters is 5. The number of methoxy groups -OCH3 is 1. The van der Waals surface area contributed by atoms with E-state index in [1.807, 2.05) is 0 Å². The Kier molecular flexibility index (Phi) is 13.0. The van der Waals surface area contributed by atoms with E-state index in [1.54, 1.807) is 6.92 Å². The molecule has 0 amide bonds. The third-order valence-corrected chi connectivity index (χ3v) is 8.99. The number of aryl methyl sites for hydroxylation is 1. The number of rotatable bonds is 13. The van der Waals surface area contributed by atoms with Crippen LogP contribution in [0, 0.1) is 17.0 Å². The molecule has 23 heteroatoms. The van der Waals surface area contributed by atoms with Gasteiger partial charge in [-0.1, -0.05) is 5.21 Å². The minimum Gasteiger partial charge on any atom is -0.500 e. The van der Waals surface area contributed by atoms with Crippen molar-refractivity contribution in [3.63, 3.8) is 0 Å². The number of phenolic OH excluding ortho intramolecular Hbond substituents is 1. The Morgan fingerprint density at radius 2 is 1.59 bits per heavy atom. The zero-order chi connectivity index (χ0) is 43.5. The van der Waals surface area contributed by atoms with Gasteiger partial charge in [0.1, 0.15) is 30.0 Å². The third-order valence-electron chi connectivity index (χ3n) is 8.99. The summed E-state index contributed by atoms with van der Waals surface area (Å²) in [5.74, 6) is -6.72. The standard InChI is InChI=1S/C36H40N6O17/c1-9-53-36(49)26-15(2)55-33-28(27(26)21-10-23(42(50)51)29(47)24(11-21)52-8)34(48)40(16(3)37-33)12-22-13-41(39-38-22)35-32(58-20(7)46)31(57-19(6)45)30(56-18(5)44)25(59-35)14-54-17(4)43/h10-11,13,25,27,30-32,35,47H,9,12,14H2,1-8H3/t25-,27?,30-,31+,32-,35-/m1/s1. The molecule has 2 aromatic heterocycles. The molecule has 0 saturated carbocycles. The molecule has 0 bridgehead atoms. The number of aromatic hydroxyl groups is 1. The second kappa shape index (κ2) is 17.7. The normalized spacial score (nSPS) is 21.0. The predicted octanol–water partition coefficient (Wildman–Crippen LogP) is 1.43. The maximum absolute atomic E-state index is 14.6. The molecule has 5 rings (SSSR count). The maximum atomic E-state index is 14.6. The summed E-state index contributed by atoms with van der Waals surface area (Å²) in [5.41, 5.74) is -1.88. The summed E-state index contributed by atoms with van der Waals surface area (Å²) < 4.78 is 46.3. The summed E-state index contributed by atoms with van der Waals surface area (Å²) in [4.78, 5) is 92.2. The molecule has 0 radical (unpaired) electrons. The van der Waals surface area contributed by atoms with Crippen molar-refractivity contribution >= 4 is 35.5 Å². The summed E-state index contributed by atoms with van der Waals surface area (Å²) in [5, 5.41) is 30.8. The van der Waals surface area contributed by atoms with Crippen LogP contribution in [0.1, 0.15) is 76.3 Å². The van der Waals surface area contributed by atoms with Gasteiger partial charge in [-0.25, -0.2) is 9.48 Å². The Balaban J connectivity index is 1.62. The summed E-state index contributed by atoms with van der Waals surface area (Å²) in [6.07, 6.45) is -5.87. The van der Waals surface area contributed by atoms with Crippen molar-refractivity contribution in [2.45, 2.75) is 91.6 Å². The van der Waals surface area contributed by atoms with Crippen molar-refractivity contribution < 1.29 is 71.9 Å². The number of benzene rings is 1. The number of ether oxygens (including phenoxy) is 8. The quantitative estimate of drug-likeness (QED) is 0.110. The smallest absolute Gasteiger partial charge is 0.338 e. The minimum absolute atomic E-state index is 0.00698. The lowest BCUT2D eigenvalue weighted by atomic mass is 9.83. The van der Waals surface area contributed by atoms with Crippen LogP contribution < -0.4 is 15.0 Å². The average Bonchev–Trinajstić information content (AvgIpc) is 3.61. The molecule has 0 aliphatic carbocycles. The Labute approximate surface area is 333 Å². The lowest BCUT2D eigenvalue weighted by molar-refractivity contribution is -0.386. The van der Waals surface area contributed by atoms with Crippen molar-refractivity contribution in [2.75, 3.05) is 20.3 Å². The van der Waals surface area contributed by atoms with Crippen LogP contribution in [-0.2, 0) is 58.9 Å². The number of hydrogen-bond acceptors (Lipinski definition) is 20. The highest BCUT2D eigenvalue weighted by molar-refractivity contribution is 5.92. The molecule has 1 fully saturated rings. The van der Waals surface area contributed by atoms with E-state index in [0.717, 1.165) is 43.0 Å². The number of nitro benzene ring substituents is 1. The van der Waals surface area contributed by atoms with Gasteiger partial charge in [0.05, 0.1) is 48.4 Å². The van der Waals surface area contributed by atoms with Crippen molar-refractivity contribution in [3.8, 4) is 17.4 Å². The molecule has 2 aliphatic heterocycles. The first kappa shape index (κ1) is 43.2. The Morgan fingerprint density at radius 3 is 2.19 bits per heavy atom. The number of phenols is 1. The van der Waals surface area contributed by atoms with E-state index in [9.17, 15) is 44.0 Å². The van der Waals surface area contributed by atoms with Crippen molar-refractivity contribution in [1.82, 2.24) is 24.5 Å². The van der Waals surface area contributed by atoms with Crippen molar-refractivity contribution in [2.24, 2.45) is 0 Å². The zero-order valence-corrected chi connectivity index (χ0v) is 33.0. The average molecular weight is 829 g/mol. The molecule has 1 aromatic carbocycles. The highest BCUT2D eigenvalue weighted by Crippen LogP contribution is 2.46. The molecule has 0 spiro atoms. The van der Waals surface area contributed by atoms with Crippen LogP contribution in [0.3, 0.4) is 0 Å². The van der Waals surface area contributed by atoms with E-state index in [2.05, 4.69) is 15.3 Å². The molecular formula is C36H40N6O17. The van der Waals surface area contributed by atoms with Gasteiger partial charge in [-0.3, -0.25) is 38.7 Å². The number of hydrogen-bond donors (Lipinski definition) is 1. The first-order valence-electron chi connectivity index (χ1n) is 17.8. The number of nitro groups is 1. The number of aromatic nitrogens is 5. The van der Waals surface area contributed by atoms with E-state index in [4.69, 9.17) is 37.9 Å². The van der Waals surface area contributed by atoms with Crippen LogP contribution >= 0.6 is 0 Å². The monoisotopic (exact) mass is 828 g/mol. The predicted molar refractivity (Wildman–Crippen MR) is 193 cm³/mol. The van der Waals surface area contributed by atoms with Gasteiger partial charge >= 0.3 is 35.5 Å². The molecule has 3 aromatic rings. The van der Waals surface area contributed by atoms with Crippen LogP contribution in [-0.4, -0.2) is 109 Å². The van der Waals surface area contributed by atoms with Gasteiger partial charge in [0.25, 0.3) is 5.56 Å². The molecule has 1 N–H and O–H groups in total. The highest BCUT2D eigenvalue weighted by Gasteiger charge is 2.53. The zero-order valence-electron chi connectivity index (χ0n) is 33.0. The topological polar surface area (TPSA) is 288 Å². The Hall–Kier alpha value is -6.91. The molecule has 6 atom stereocenters. The van der Waals surface area contributed by atoms with Crippen LogP contribution in [0.2, 0.25) is 0 Å². The van der Waals surface area contributed by atoms with Gasteiger partial charge in [-0.05, 0) is 32.4 Å². The van der Waals surface area contributed by atoms with Crippen LogP contribution in [0.25, 0.3) is 0 Å². The number of fused-ring (bicyclic) bond motifs is 1. The number of carbonyl (C=O) groups excluding carboxylic acids is 5. The summed E-state index contributed by atoms with van der Waals surface area (Å²) >= 11 is 0. The number of carbonyl (C=O) groups is 5. The fourth-order valence-corrected chi connectivity index (χ4v) is 6.68. The van der Waals surface area contributed by atoms with Crippen LogP contribution in [0.4, 0.5) is 5.69 Å². The first-order chi connectivity index (χ1) is 27.9. The van der Waals surface area contributed by atoms with E-state index < -0.39 is 94.9 Å². The van der Waals surface area contributed by atoms with Crippen molar-refractivity contribution in [3.05, 3.63) is 72.8 Å². The Bertz CT molecular complexity index is 2280. The molecule has 4 heterocycles. The van der Waals surface area contributed by atoms with Crippen molar-refractivity contribution in [1.29, 1.82) is 0 Å². The van der Waals surface area contributed by atoms with Gasteiger partial charge in [-0.15, -0.1) is 5.10 Å². The molecular weight excluding hydrogens is 788 g/mol. The number of allylic oxidation sites excluding steroid dienone is 1. The maximum Gasteiger partial charge on any atom is 0.338 e. The van der Waals surface area contributed by atoms with E-state index in [1.165, 1.54) is 33.2 Å². The van der Waals surface area contributed by atoms with Crippen LogP contribution in [0.5, 0.6) is 17.4 Å². The lowest BCUT2D eigenvalue weighted by Crippen LogP contribution is -2.60. The second-order valence-electron chi connectivity index (χ2n) is 13.1. The van der Waals surface area contributed by atoms with E-state index in [0.29, 0.717) is 0 Å². The minimum atomic E-state index is -1.51. The Morgan fingerprint density at radius 1 is 0.949 bits per heavy atom. The highest BCUT2D eigenvalue weighted by atomic mass is 16.7. The van der Waals surface area contributed by atoms with Gasteiger partial charge in [0.15, 0.2) is 30.3 Å². The molecule has 2 aliphatic rings. The molecule has 59 heavy (non-hydrogen) atoms. The first-order valence-corrected chi connectivity index (χ1v) is 17.8. The summed E-state index contributed by atoms with van der Waals surface area (Å²) in [6, 6.07) is 2.23. The second-order valence-corrected chi connectivity index (χ2v) is 13.1. The van der Waals surface area contributed by atoms with Gasteiger partial charge in [0, 0.05) is 33.8 Å². The molecule has 23 nitrogen and oxygen atoms in total. The third kappa shape index (κ3) is 9.14. The van der Waals surface area contributed by atoms with Gasteiger partial charge in [-0.2, -0.15) is 4.98 Å². The lowest BCUT2D eigenvalue weighted by Gasteiger charge is -2.44. The fourth-order valence-electron chi connectivity index (χ4n) is 6.68. The fraction of sp³-hybridized carbons (Fsp3) is 0.472.